The maximum absolute atomic E-state index is 12.6. The van der Waals surface area contributed by atoms with Crippen molar-refractivity contribution in [2.45, 2.75) is 13.3 Å². The summed E-state index contributed by atoms with van der Waals surface area (Å²) in [5.41, 5.74) is 6.67. The summed E-state index contributed by atoms with van der Waals surface area (Å²) in [5.74, 6) is -0.407. The molecule has 0 amide bonds. The number of nitrogen functional groups attached to an aromatic ring is 1. The van der Waals surface area contributed by atoms with Gasteiger partial charge in [0.2, 0.25) is 0 Å². The fourth-order valence-electron chi connectivity index (χ4n) is 1.96. The molecule has 0 aliphatic rings. The Morgan fingerprint density at radius 1 is 1.32 bits per heavy atom. The molecular formula is C13H8Br2F3N3O. The normalized spacial score (nSPS) is 11.3. The number of alkyl halides is 3. The van der Waals surface area contributed by atoms with Crippen LogP contribution in [0.2, 0.25) is 0 Å². The van der Waals surface area contributed by atoms with Gasteiger partial charge in [-0.2, -0.15) is 5.26 Å². The lowest BCUT2D eigenvalue weighted by atomic mass is 10.2. The van der Waals surface area contributed by atoms with E-state index < -0.39 is 12.1 Å². The summed E-state index contributed by atoms with van der Waals surface area (Å²) in [6.45, 7) is 1.64. The van der Waals surface area contributed by atoms with Crippen molar-refractivity contribution in [1.82, 2.24) is 4.57 Å². The van der Waals surface area contributed by atoms with E-state index in [9.17, 15) is 13.2 Å². The first-order valence-corrected chi connectivity index (χ1v) is 7.35. The summed E-state index contributed by atoms with van der Waals surface area (Å²) in [5, 5.41) is 9.05. The molecule has 2 aromatic rings. The van der Waals surface area contributed by atoms with Crippen LogP contribution in [0.25, 0.3) is 5.69 Å². The highest BCUT2D eigenvalue weighted by Gasteiger charge is 2.33. The number of hydrogen-bond acceptors (Lipinski definition) is 3. The Morgan fingerprint density at radius 3 is 2.45 bits per heavy atom. The van der Waals surface area contributed by atoms with Crippen LogP contribution in [0.1, 0.15) is 11.1 Å². The molecule has 0 saturated carbocycles. The third-order valence-electron chi connectivity index (χ3n) is 2.80. The molecule has 2 rings (SSSR count). The molecular weight excluding hydrogens is 431 g/mol. The summed E-state index contributed by atoms with van der Waals surface area (Å²) in [6.07, 6.45) is -3.38. The van der Waals surface area contributed by atoms with Crippen LogP contribution in [-0.2, 0) is 0 Å². The van der Waals surface area contributed by atoms with Gasteiger partial charge in [0.15, 0.2) is 5.75 Å². The van der Waals surface area contributed by atoms with Crippen molar-refractivity contribution in [2.24, 2.45) is 0 Å². The van der Waals surface area contributed by atoms with E-state index in [1.165, 1.54) is 16.8 Å². The van der Waals surface area contributed by atoms with E-state index in [0.717, 1.165) is 0 Å². The van der Waals surface area contributed by atoms with E-state index in [1.807, 2.05) is 6.07 Å². The molecule has 0 unspecified atom stereocenters. The Labute approximate surface area is 140 Å². The highest BCUT2D eigenvalue weighted by molar-refractivity contribution is 9.11. The van der Waals surface area contributed by atoms with Gasteiger partial charge < -0.3 is 10.5 Å². The predicted octanol–water partition coefficient (Wildman–Crippen LogP) is 4.66. The average molecular weight is 439 g/mol. The van der Waals surface area contributed by atoms with Crippen LogP contribution < -0.4 is 10.5 Å². The number of nitriles is 1. The summed E-state index contributed by atoms with van der Waals surface area (Å²) in [4.78, 5) is 0. The third kappa shape index (κ3) is 3.23. The van der Waals surface area contributed by atoms with Gasteiger partial charge in [-0.3, -0.25) is 4.57 Å². The molecule has 0 fully saturated rings. The smallest absolute Gasteiger partial charge is 0.403 e. The van der Waals surface area contributed by atoms with Gasteiger partial charge >= 0.3 is 6.36 Å². The second-order valence-electron chi connectivity index (χ2n) is 4.34. The Hall–Kier alpha value is -1.66. The summed E-state index contributed by atoms with van der Waals surface area (Å²) >= 11 is 6.30. The van der Waals surface area contributed by atoms with Crippen LogP contribution in [-0.4, -0.2) is 10.9 Å². The zero-order chi connectivity index (χ0) is 16.7. The number of aromatic nitrogens is 1. The fraction of sp³-hybridized carbons (Fsp3) is 0.154. The quantitative estimate of drug-likeness (QED) is 0.741. The van der Waals surface area contributed by atoms with Crippen molar-refractivity contribution in [2.75, 3.05) is 5.73 Å². The highest BCUT2D eigenvalue weighted by Crippen LogP contribution is 2.39. The fourth-order valence-corrected chi connectivity index (χ4v) is 3.34. The van der Waals surface area contributed by atoms with Gasteiger partial charge in [-0.15, -0.1) is 13.2 Å². The van der Waals surface area contributed by atoms with Crippen LogP contribution in [0, 0.1) is 18.3 Å². The molecule has 0 aliphatic carbocycles. The maximum Gasteiger partial charge on any atom is 0.573 e. The molecule has 1 aromatic heterocycles. The van der Waals surface area contributed by atoms with Crippen molar-refractivity contribution in [3.8, 4) is 17.5 Å². The Kier molecular flexibility index (Phi) is 4.44. The largest absolute Gasteiger partial charge is 0.573 e. The molecule has 0 aliphatic heterocycles. The molecule has 4 nitrogen and oxygen atoms in total. The minimum atomic E-state index is -4.86. The highest BCUT2D eigenvalue weighted by atomic mass is 79.9. The number of rotatable bonds is 2. The maximum atomic E-state index is 12.6. The van der Waals surface area contributed by atoms with Gasteiger partial charge in [-0.05, 0) is 40.5 Å². The third-order valence-corrected chi connectivity index (χ3v) is 3.87. The molecule has 0 radical (unpaired) electrons. The van der Waals surface area contributed by atoms with Crippen molar-refractivity contribution in [1.29, 1.82) is 5.26 Å². The molecule has 22 heavy (non-hydrogen) atoms. The van der Waals surface area contributed by atoms with E-state index in [1.54, 1.807) is 13.0 Å². The molecule has 0 bridgehead atoms. The predicted molar refractivity (Wildman–Crippen MR) is 81.7 cm³/mol. The lowest BCUT2D eigenvalue weighted by Crippen LogP contribution is -2.18. The van der Waals surface area contributed by atoms with E-state index in [2.05, 4.69) is 36.6 Å². The van der Waals surface area contributed by atoms with Crippen LogP contribution in [0.3, 0.4) is 0 Å². The van der Waals surface area contributed by atoms with E-state index in [-0.39, 0.29) is 17.1 Å². The Bertz CT molecular complexity index is 778. The first kappa shape index (κ1) is 16.7. The molecule has 2 N–H and O–H groups in total. The number of aryl methyl sites for hydroxylation is 1. The van der Waals surface area contributed by atoms with Crippen molar-refractivity contribution in [3.05, 3.63) is 38.4 Å². The Balaban J connectivity index is 2.73. The zero-order valence-corrected chi connectivity index (χ0v) is 14.2. The topological polar surface area (TPSA) is 64.0 Å². The van der Waals surface area contributed by atoms with Crippen molar-refractivity contribution in [3.63, 3.8) is 0 Å². The SMILES string of the molecule is Cc1cn(-c2c(Br)cc(Br)cc2OC(F)(F)F)c(N)c1C#N. The van der Waals surface area contributed by atoms with Gasteiger partial charge in [0, 0.05) is 15.1 Å². The van der Waals surface area contributed by atoms with Crippen LogP contribution in [0.5, 0.6) is 5.75 Å². The molecule has 0 spiro atoms. The monoisotopic (exact) mass is 437 g/mol. The van der Waals surface area contributed by atoms with Gasteiger partial charge in [-0.25, -0.2) is 0 Å². The van der Waals surface area contributed by atoms with Crippen molar-refractivity contribution < 1.29 is 17.9 Å². The first-order valence-electron chi connectivity index (χ1n) is 5.76. The number of halogens is 5. The number of nitrogens with zero attached hydrogens (tertiary/aromatic N) is 2. The van der Waals surface area contributed by atoms with Gasteiger partial charge in [0.1, 0.15) is 17.6 Å². The van der Waals surface area contributed by atoms with E-state index >= 15 is 0 Å². The molecule has 0 saturated heterocycles. The van der Waals surface area contributed by atoms with Crippen LogP contribution in [0.15, 0.2) is 27.3 Å². The van der Waals surface area contributed by atoms with Gasteiger partial charge in [0.05, 0.1) is 5.56 Å². The first-order chi connectivity index (χ1) is 10.1. The number of nitrogens with two attached hydrogens (primary N) is 1. The van der Waals surface area contributed by atoms with Crippen LogP contribution in [0.4, 0.5) is 19.0 Å². The molecule has 1 aromatic carbocycles. The summed E-state index contributed by atoms with van der Waals surface area (Å²) in [7, 11) is 0. The van der Waals surface area contributed by atoms with E-state index in [0.29, 0.717) is 14.5 Å². The second kappa shape index (κ2) is 5.85. The number of ether oxygens (including phenoxy) is 1. The Morgan fingerprint density at radius 2 is 1.95 bits per heavy atom. The summed E-state index contributed by atoms with van der Waals surface area (Å²) in [6, 6.07) is 4.65. The average Bonchev–Trinajstić information content (AvgIpc) is 2.61. The number of anilines is 1. The minimum absolute atomic E-state index is 0.0371. The number of benzene rings is 1. The molecule has 116 valence electrons. The summed E-state index contributed by atoms with van der Waals surface area (Å²) < 4.78 is 43.9. The van der Waals surface area contributed by atoms with E-state index in [4.69, 9.17) is 11.0 Å². The zero-order valence-electron chi connectivity index (χ0n) is 11.0. The lowest BCUT2D eigenvalue weighted by Gasteiger charge is -2.17. The minimum Gasteiger partial charge on any atom is -0.403 e. The van der Waals surface area contributed by atoms with Gasteiger partial charge in [-0.1, -0.05) is 15.9 Å². The van der Waals surface area contributed by atoms with Crippen LogP contribution >= 0.6 is 31.9 Å². The standard InChI is InChI=1S/C13H8Br2F3N3O/c1-6-5-21(12(20)8(6)4-19)11-9(15)2-7(14)3-10(11)22-13(16,17)18/h2-3,5H,20H2,1H3. The van der Waals surface area contributed by atoms with Crippen molar-refractivity contribution >= 4 is 37.7 Å². The molecule has 0 atom stereocenters. The second-order valence-corrected chi connectivity index (χ2v) is 6.11. The number of hydrogen-bond donors (Lipinski definition) is 1. The molecule has 9 heteroatoms. The molecule has 1 heterocycles. The van der Waals surface area contributed by atoms with Gasteiger partial charge in [0.25, 0.3) is 0 Å². The lowest BCUT2D eigenvalue weighted by molar-refractivity contribution is -0.274.